The molecular formula is C18H13N5O2S. The van der Waals surface area contributed by atoms with Crippen molar-refractivity contribution in [2.24, 2.45) is 0 Å². The van der Waals surface area contributed by atoms with E-state index in [1.807, 2.05) is 18.2 Å². The van der Waals surface area contributed by atoms with Gasteiger partial charge in [-0.05, 0) is 31.2 Å². The molecule has 0 aliphatic carbocycles. The molecule has 0 aliphatic rings. The highest BCUT2D eigenvalue weighted by Gasteiger charge is 2.17. The van der Waals surface area contributed by atoms with Crippen molar-refractivity contribution in [2.45, 2.75) is 6.92 Å². The van der Waals surface area contributed by atoms with Crippen LogP contribution >= 0.6 is 11.3 Å². The van der Waals surface area contributed by atoms with Gasteiger partial charge in [0.1, 0.15) is 16.2 Å². The summed E-state index contributed by atoms with van der Waals surface area (Å²) in [6.07, 6.45) is 2.98. The van der Waals surface area contributed by atoms with Gasteiger partial charge in [0.2, 0.25) is 0 Å². The molecule has 0 fully saturated rings. The Kier molecular flexibility index (Phi) is 4.02. The number of nitrogens with zero attached hydrogens (tertiary/aromatic N) is 4. The van der Waals surface area contributed by atoms with E-state index in [0.29, 0.717) is 32.2 Å². The molecular weight excluding hydrogens is 350 g/mol. The molecule has 1 aromatic carbocycles. The van der Waals surface area contributed by atoms with Crippen LogP contribution in [0.3, 0.4) is 0 Å². The first-order valence-corrected chi connectivity index (χ1v) is 8.62. The number of amides is 1. The van der Waals surface area contributed by atoms with Crippen LogP contribution in [0.4, 0.5) is 0 Å². The maximum atomic E-state index is 12.6. The SMILES string of the molecule is Cc1nc(-c2ccccn2)sc1C(=O)Nn1cnc2ccccc2c1=O. The van der Waals surface area contributed by atoms with Gasteiger partial charge in [-0.25, -0.2) is 14.6 Å². The van der Waals surface area contributed by atoms with Crippen molar-refractivity contribution in [3.05, 3.63) is 75.9 Å². The lowest BCUT2D eigenvalue weighted by Crippen LogP contribution is -2.33. The van der Waals surface area contributed by atoms with Gasteiger partial charge in [0, 0.05) is 6.20 Å². The summed E-state index contributed by atoms with van der Waals surface area (Å²) >= 11 is 1.23. The average Bonchev–Trinajstić information content (AvgIpc) is 3.07. The molecule has 0 spiro atoms. The maximum Gasteiger partial charge on any atom is 0.282 e. The van der Waals surface area contributed by atoms with Crippen molar-refractivity contribution in [1.29, 1.82) is 0 Å². The van der Waals surface area contributed by atoms with Crippen molar-refractivity contribution >= 4 is 28.1 Å². The lowest BCUT2D eigenvalue weighted by atomic mass is 10.2. The second-order valence-electron chi connectivity index (χ2n) is 5.53. The fourth-order valence-electron chi connectivity index (χ4n) is 2.51. The third-order valence-corrected chi connectivity index (χ3v) is 4.95. The Morgan fingerprint density at radius 3 is 2.73 bits per heavy atom. The smallest absolute Gasteiger partial charge is 0.267 e. The molecule has 0 aliphatic heterocycles. The van der Waals surface area contributed by atoms with Crippen LogP contribution in [0.5, 0.6) is 0 Å². The topological polar surface area (TPSA) is 89.8 Å². The Morgan fingerprint density at radius 2 is 1.92 bits per heavy atom. The summed E-state index contributed by atoms with van der Waals surface area (Å²) in [5.41, 5.74) is 4.10. The van der Waals surface area contributed by atoms with Crippen molar-refractivity contribution in [3.63, 3.8) is 0 Å². The van der Waals surface area contributed by atoms with E-state index in [1.165, 1.54) is 17.7 Å². The number of hydrogen-bond acceptors (Lipinski definition) is 6. The lowest BCUT2D eigenvalue weighted by Gasteiger charge is -2.07. The highest BCUT2D eigenvalue weighted by Crippen LogP contribution is 2.26. The summed E-state index contributed by atoms with van der Waals surface area (Å²) in [7, 11) is 0. The number of fused-ring (bicyclic) bond motifs is 1. The molecule has 3 heterocycles. The molecule has 7 nitrogen and oxygen atoms in total. The molecule has 4 rings (SSSR count). The zero-order chi connectivity index (χ0) is 18.1. The number of hydrogen-bond donors (Lipinski definition) is 1. The predicted molar refractivity (Wildman–Crippen MR) is 99.8 cm³/mol. The van der Waals surface area contributed by atoms with E-state index in [1.54, 1.807) is 37.4 Å². The minimum absolute atomic E-state index is 0.337. The summed E-state index contributed by atoms with van der Waals surface area (Å²) in [5.74, 6) is -0.415. The Morgan fingerprint density at radius 1 is 1.12 bits per heavy atom. The van der Waals surface area contributed by atoms with E-state index >= 15 is 0 Å². The van der Waals surface area contributed by atoms with Gasteiger partial charge in [-0.1, -0.05) is 18.2 Å². The summed E-state index contributed by atoms with van der Waals surface area (Å²) in [6, 6.07) is 12.5. The van der Waals surface area contributed by atoms with Gasteiger partial charge in [0.05, 0.1) is 22.3 Å². The fourth-order valence-corrected chi connectivity index (χ4v) is 3.45. The van der Waals surface area contributed by atoms with Gasteiger partial charge in [-0.3, -0.25) is 20.0 Å². The van der Waals surface area contributed by atoms with Gasteiger partial charge in [0.15, 0.2) is 0 Å². The number of aryl methyl sites for hydroxylation is 1. The summed E-state index contributed by atoms with van der Waals surface area (Å²) in [4.78, 5) is 38.4. The summed E-state index contributed by atoms with van der Waals surface area (Å²) < 4.78 is 1.09. The molecule has 1 N–H and O–H groups in total. The number of aromatic nitrogens is 4. The predicted octanol–water partition coefficient (Wildman–Crippen LogP) is 2.61. The van der Waals surface area contributed by atoms with Gasteiger partial charge >= 0.3 is 0 Å². The van der Waals surface area contributed by atoms with Gasteiger partial charge < -0.3 is 0 Å². The minimum atomic E-state index is -0.415. The third-order valence-electron chi connectivity index (χ3n) is 3.77. The van der Waals surface area contributed by atoms with Crippen LogP contribution in [0, 0.1) is 6.92 Å². The van der Waals surface area contributed by atoms with E-state index < -0.39 is 5.91 Å². The number of pyridine rings is 1. The number of carbonyl (C=O) groups is 1. The number of nitrogens with one attached hydrogen (secondary N) is 1. The first-order valence-electron chi connectivity index (χ1n) is 7.80. The van der Waals surface area contributed by atoms with Crippen LogP contribution < -0.4 is 11.0 Å². The molecule has 0 saturated carbocycles. The van der Waals surface area contributed by atoms with Crippen molar-refractivity contribution in [2.75, 3.05) is 5.43 Å². The standard InChI is InChI=1S/C18H13N5O2S/c1-11-15(26-17(21-11)14-8-4-5-9-19-14)16(24)22-23-10-20-13-7-3-2-6-12(13)18(23)25/h2-10H,1H3,(H,22,24). The number of thiazole rings is 1. The molecule has 8 heteroatoms. The molecule has 0 bridgehead atoms. The highest BCUT2D eigenvalue weighted by molar-refractivity contribution is 7.17. The second kappa shape index (κ2) is 6.49. The minimum Gasteiger partial charge on any atom is -0.267 e. The molecule has 26 heavy (non-hydrogen) atoms. The Labute approximate surface area is 152 Å². The zero-order valence-corrected chi connectivity index (χ0v) is 14.5. The molecule has 1 amide bonds. The van der Waals surface area contributed by atoms with Crippen LogP contribution in [-0.4, -0.2) is 25.5 Å². The third kappa shape index (κ3) is 2.86. The number of carbonyl (C=O) groups excluding carboxylic acids is 1. The molecule has 4 aromatic rings. The number of para-hydroxylation sites is 1. The second-order valence-corrected chi connectivity index (χ2v) is 6.53. The van der Waals surface area contributed by atoms with E-state index in [-0.39, 0.29) is 5.56 Å². The van der Waals surface area contributed by atoms with Gasteiger partial charge in [-0.2, -0.15) is 0 Å². The van der Waals surface area contributed by atoms with Crippen LogP contribution in [0.2, 0.25) is 0 Å². The first-order chi connectivity index (χ1) is 12.6. The lowest BCUT2D eigenvalue weighted by molar-refractivity contribution is 0.101. The van der Waals surface area contributed by atoms with Crippen molar-refractivity contribution in [3.8, 4) is 10.7 Å². The van der Waals surface area contributed by atoms with Gasteiger partial charge in [0.25, 0.3) is 11.5 Å². The molecule has 0 saturated heterocycles. The molecule has 128 valence electrons. The number of rotatable bonds is 3. The average molecular weight is 363 g/mol. The fraction of sp³-hybridized carbons (Fsp3) is 0.0556. The maximum absolute atomic E-state index is 12.6. The Bertz CT molecular complexity index is 1170. The van der Waals surface area contributed by atoms with E-state index in [9.17, 15) is 9.59 Å². The molecule has 0 radical (unpaired) electrons. The Balaban J connectivity index is 1.66. The van der Waals surface area contributed by atoms with Crippen LogP contribution in [-0.2, 0) is 0 Å². The van der Waals surface area contributed by atoms with E-state index in [4.69, 9.17) is 0 Å². The van der Waals surface area contributed by atoms with Crippen LogP contribution in [0.15, 0.2) is 59.8 Å². The molecule has 3 aromatic heterocycles. The number of benzene rings is 1. The normalized spacial score (nSPS) is 10.8. The van der Waals surface area contributed by atoms with Crippen molar-refractivity contribution < 1.29 is 4.79 Å². The highest BCUT2D eigenvalue weighted by atomic mass is 32.1. The van der Waals surface area contributed by atoms with Crippen molar-refractivity contribution in [1.82, 2.24) is 19.6 Å². The largest absolute Gasteiger partial charge is 0.282 e. The summed E-state index contributed by atoms with van der Waals surface area (Å²) in [5, 5.41) is 1.09. The molecule has 0 atom stereocenters. The quantitative estimate of drug-likeness (QED) is 0.604. The van der Waals surface area contributed by atoms with E-state index in [2.05, 4.69) is 20.4 Å². The van der Waals surface area contributed by atoms with E-state index in [0.717, 1.165) is 4.68 Å². The zero-order valence-electron chi connectivity index (χ0n) is 13.7. The van der Waals surface area contributed by atoms with Crippen LogP contribution in [0.25, 0.3) is 21.6 Å². The van der Waals surface area contributed by atoms with Crippen LogP contribution in [0.1, 0.15) is 15.4 Å². The van der Waals surface area contributed by atoms with Gasteiger partial charge in [-0.15, -0.1) is 11.3 Å². The Hall–Kier alpha value is -3.39. The molecule has 0 unspecified atom stereocenters. The monoisotopic (exact) mass is 363 g/mol. The first kappa shape index (κ1) is 16.1. The summed E-state index contributed by atoms with van der Waals surface area (Å²) in [6.45, 7) is 1.75.